The molecule has 2 rings (SSSR count). The second-order valence-corrected chi connectivity index (χ2v) is 5.37. The fourth-order valence-electron chi connectivity index (χ4n) is 2.43. The zero-order valence-corrected chi connectivity index (χ0v) is 16.1. The molecule has 0 unspecified atom stereocenters. The number of halogens is 2. The van der Waals surface area contributed by atoms with Gasteiger partial charge in [0.15, 0.2) is 5.96 Å². The number of hydrogen-bond donors (Lipinski definition) is 1. The summed E-state index contributed by atoms with van der Waals surface area (Å²) >= 11 is 6.07. The van der Waals surface area contributed by atoms with Gasteiger partial charge in [0.05, 0.1) is 6.54 Å². The topological polar surface area (TPSA) is 30.9 Å². The highest BCUT2D eigenvalue weighted by atomic mass is 127. The molecule has 1 heterocycles. The Morgan fingerprint density at radius 1 is 1.36 bits per heavy atom. The first-order valence-electron chi connectivity index (χ1n) is 7.39. The lowest BCUT2D eigenvalue weighted by Gasteiger charge is -2.37. The van der Waals surface area contributed by atoms with Crippen LogP contribution in [0.15, 0.2) is 41.9 Å². The van der Waals surface area contributed by atoms with Crippen molar-refractivity contribution < 1.29 is 0 Å². The van der Waals surface area contributed by atoms with Crippen LogP contribution in [0.1, 0.15) is 6.92 Å². The second-order valence-electron chi connectivity index (χ2n) is 4.94. The van der Waals surface area contributed by atoms with Crippen LogP contribution in [0.4, 0.5) is 5.69 Å². The fraction of sp³-hybridized carbons (Fsp3) is 0.438. The molecule has 1 aromatic rings. The molecule has 0 radical (unpaired) electrons. The van der Waals surface area contributed by atoms with Crippen molar-refractivity contribution in [1.29, 1.82) is 0 Å². The number of aliphatic imine (C=N–C) groups is 1. The Hall–Kier alpha value is -0.950. The van der Waals surface area contributed by atoms with Crippen LogP contribution in [0.5, 0.6) is 0 Å². The highest BCUT2D eigenvalue weighted by molar-refractivity contribution is 14.0. The average Bonchev–Trinajstić information content (AvgIpc) is 2.52. The van der Waals surface area contributed by atoms with Crippen LogP contribution in [0.2, 0.25) is 5.02 Å². The number of guanidine groups is 1. The summed E-state index contributed by atoms with van der Waals surface area (Å²) in [4.78, 5) is 9.20. The summed E-state index contributed by atoms with van der Waals surface area (Å²) in [5, 5.41) is 4.13. The van der Waals surface area contributed by atoms with E-state index in [0.29, 0.717) is 6.54 Å². The van der Waals surface area contributed by atoms with E-state index >= 15 is 0 Å². The number of benzene rings is 1. The summed E-state index contributed by atoms with van der Waals surface area (Å²) in [7, 11) is 0. The molecule has 1 aliphatic heterocycles. The van der Waals surface area contributed by atoms with Gasteiger partial charge in [-0.05, 0) is 25.1 Å². The van der Waals surface area contributed by atoms with E-state index in [1.165, 1.54) is 5.69 Å². The van der Waals surface area contributed by atoms with Gasteiger partial charge in [0, 0.05) is 43.4 Å². The quantitative estimate of drug-likeness (QED) is 0.342. The van der Waals surface area contributed by atoms with Crippen molar-refractivity contribution in [3.63, 3.8) is 0 Å². The molecule has 1 N–H and O–H groups in total. The zero-order chi connectivity index (χ0) is 15.1. The van der Waals surface area contributed by atoms with Crippen molar-refractivity contribution in [2.75, 3.05) is 44.2 Å². The van der Waals surface area contributed by atoms with E-state index in [1.54, 1.807) is 0 Å². The second kappa shape index (κ2) is 9.94. The van der Waals surface area contributed by atoms with E-state index in [0.717, 1.165) is 43.7 Å². The number of rotatable bonds is 4. The van der Waals surface area contributed by atoms with Gasteiger partial charge in [-0.2, -0.15) is 0 Å². The molecule has 1 saturated heterocycles. The SMILES string of the molecule is C=CCN=C(NCC)N1CCN(c2cccc(Cl)c2)CC1.I. The van der Waals surface area contributed by atoms with Crippen LogP contribution in [0.25, 0.3) is 0 Å². The van der Waals surface area contributed by atoms with Gasteiger partial charge in [-0.1, -0.05) is 23.7 Å². The summed E-state index contributed by atoms with van der Waals surface area (Å²) in [5.41, 5.74) is 1.19. The van der Waals surface area contributed by atoms with Crippen LogP contribution < -0.4 is 10.2 Å². The highest BCUT2D eigenvalue weighted by Crippen LogP contribution is 2.20. The molecule has 6 heteroatoms. The smallest absolute Gasteiger partial charge is 0.194 e. The number of hydrogen-bond acceptors (Lipinski definition) is 2. The van der Waals surface area contributed by atoms with Crippen molar-refractivity contribution in [3.8, 4) is 0 Å². The predicted octanol–water partition coefficient (Wildman–Crippen LogP) is 3.23. The monoisotopic (exact) mass is 434 g/mol. The standard InChI is InChI=1S/C16H23ClN4.HI/c1-3-8-19-16(18-4-2)21-11-9-20(10-12-21)15-7-5-6-14(17)13-15;/h3,5-7,13H,1,4,8-12H2,2H3,(H,18,19);1H. The van der Waals surface area contributed by atoms with E-state index in [-0.39, 0.29) is 24.0 Å². The maximum absolute atomic E-state index is 6.07. The first kappa shape index (κ1) is 19.1. The molecule has 22 heavy (non-hydrogen) atoms. The molecule has 1 fully saturated rings. The molecule has 0 aliphatic carbocycles. The highest BCUT2D eigenvalue weighted by Gasteiger charge is 2.19. The number of nitrogens with one attached hydrogen (secondary N) is 1. The van der Waals surface area contributed by atoms with Crippen molar-refractivity contribution in [3.05, 3.63) is 41.9 Å². The van der Waals surface area contributed by atoms with Crippen LogP contribution in [0.3, 0.4) is 0 Å². The minimum Gasteiger partial charge on any atom is -0.368 e. The zero-order valence-electron chi connectivity index (χ0n) is 13.0. The molecule has 0 bridgehead atoms. The largest absolute Gasteiger partial charge is 0.368 e. The van der Waals surface area contributed by atoms with Crippen molar-refractivity contribution in [1.82, 2.24) is 10.2 Å². The molecule has 0 saturated carbocycles. The summed E-state index contributed by atoms with van der Waals surface area (Å²) in [5.74, 6) is 0.975. The summed E-state index contributed by atoms with van der Waals surface area (Å²) < 4.78 is 0. The molecule has 0 spiro atoms. The molecular weight excluding hydrogens is 411 g/mol. The summed E-state index contributed by atoms with van der Waals surface area (Å²) in [6.45, 7) is 11.2. The summed E-state index contributed by atoms with van der Waals surface area (Å²) in [6, 6.07) is 8.04. The third-order valence-electron chi connectivity index (χ3n) is 3.46. The van der Waals surface area contributed by atoms with Gasteiger partial charge in [0.1, 0.15) is 0 Å². The Bertz CT molecular complexity index is 499. The third-order valence-corrected chi connectivity index (χ3v) is 3.69. The number of nitrogens with zero attached hydrogens (tertiary/aromatic N) is 3. The van der Waals surface area contributed by atoms with Crippen molar-refractivity contribution in [2.24, 2.45) is 4.99 Å². The van der Waals surface area contributed by atoms with E-state index in [2.05, 4.69) is 39.7 Å². The Morgan fingerprint density at radius 2 is 2.09 bits per heavy atom. The first-order valence-corrected chi connectivity index (χ1v) is 7.77. The van der Waals surface area contributed by atoms with Gasteiger partial charge in [-0.15, -0.1) is 30.6 Å². The molecule has 4 nitrogen and oxygen atoms in total. The van der Waals surface area contributed by atoms with E-state index in [4.69, 9.17) is 11.6 Å². The van der Waals surface area contributed by atoms with Gasteiger partial charge in [-0.3, -0.25) is 0 Å². The van der Waals surface area contributed by atoms with Crippen molar-refractivity contribution in [2.45, 2.75) is 6.92 Å². The predicted molar refractivity (Wildman–Crippen MR) is 107 cm³/mol. The Morgan fingerprint density at radius 3 is 2.68 bits per heavy atom. The van der Waals surface area contributed by atoms with Gasteiger partial charge in [-0.25, -0.2) is 4.99 Å². The molecule has 0 atom stereocenters. The summed E-state index contributed by atoms with van der Waals surface area (Å²) in [6.07, 6.45) is 1.82. The van der Waals surface area contributed by atoms with Crippen LogP contribution >= 0.6 is 35.6 Å². The normalized spacial score (nSPS) is 15.3. The van der Waals surface area contributed by atoms with E-state index in [1.807, 2.05) is 24.3 Å². The maximum Gasteiger partial charge on any atom is 0.194 e. The van der Waals surface area contributed by atoms with E-state index < -0.39 is 0 Å². The van der Waals surface area contributed by atoms with Gasteiger partial charge < -0.3 is 15.1 Å². The molecule has 122 valence electrons. The van der Waals surface area contributed by atoms with Crippen LogP contribution in [-0.4, -0.2) is 50.1 Å². The first-order chi connectivity index (χ1) is 10.2. The number of piperazine rings is 1. The molecular formula is C16H24ClIN4. The fourth-order valence-corrected chi connectivity index (χ4v) is 2.61. The minimum absolute atomic E-state index is 0. The number of anilines is 1. The molecule has 0 aromatic heterocycles. The third kappa shape index (κ3) is 5.35. The van der Waals surface area contributed by atoms with Gasteiger partial charge in [0.2, 0.25) is 0 Å². The van der Waals surface area contributed by atoms with Crippen molar-refractivity contribution >= 4 is 47.2 Å². The lowest BCUT2D eigenvalue weighted by Crippen LogP contribution is -2.52. The lowest BCUT2D eigenvalue weighted by atomic mass is 10.2. The average molecular weight is 435 g/mol. The lowest BCUT2D eigenvalue weighted by molar-refractivity contribution is 0.373. The minimum atomic E-state index is 0. The Balaban J connectivity index is 0.00000242. The Kier molecular flexibility index (Phi) is 8.63. The van der Waals surface area contributed by atoms with Crippen LogP contribution in [-0.2, 0) is 0 Å². The van der Waals surface area contributed by atoms with Crippen LogP contribution in [0, 0.1) is 0 Å². The van der Waals surface area contributed by atoms with Gasteiger partial charge >= 0.3 is 0 Å². The molecule has 1 aromatic carbocycles. The van der Waals surface area contributed by atoms with E-state index in [9.17, 15) is 0 Å². The Labute approximate surface area is 155 Å². The maximum atomic E-state index is 6.07. The molecule has 1 aliphatic rings. The molecule has 0 amide bonds. The van der Waals surface area contributed by atoms with Gasteiger partial charge in [0.25, 0.3) is 0 Å².